The van der Waals surface area contributed by atoms with Gasteiger partial charge >= 0.3 is 5.97 Å². The molecule has 1 rings (SSSR count). The second-order valence-electron chi connectivity index (χ2n) is 4.18. The molecular formula is C14H17FN2O2. The molecule has 0 spiro atoms. The number of benzene rings is 1. The van der Waals surface area contributed by atoms with E-state index in [1.54, 1.807) is 6.07 Å². The third kappa shape index (κ3) is 4.25. The molecule has 0 aliphatic carbocycles. The van der Waals surface area contributed by atoms with Gasteiger partial charge in [-0.1, -0.05) is 19.4 Å². The number of methoxy groups -OCH3 is 1. The van der Waals surface area contributed by atoms with E-state index in [0.717, 1.165) is 12.8 Å². The molecule has 5 heteroatoms. The largest absolute Gasteiger partial charge is 0.469 e. The predicted octanol–water partition coefficient (Wildman–Crippen LogP) is 2.84. The number of nitrogens with one attached hydrogen (secondary N) is 1. The minimum Gasteiger partial charge on any atom is -0.469 e. The summed E-state index contributed by atoms with van der Waals surface area (Å²) >= 11 is 0. The van der Waals surface area contributed by atoms with Crippen molar-refractivity contribution in [2.24, 2.45) is 0 Å². The van der Waals surface area contributed by atoms with Gasteiger partial charge in [0.25, 0.3) is 0 Å². The average molecular weight is 264 g/mol. The first kappa shape index (κ1) is 15.0. The molecule has 0 saturated carbocycles. The van der Waals surface area contributed by atoms with Gasteiger partial charge in [0, 0.05) is 6.04 Å². The Bertz CT molecular complexity index is 483. The molecule has 0 aliphatic rings. The number of anilines is 1. The summed E-state index contributed by atoms with van der Waals surface area (Å²) in [7, 11) is 1.33. The monoisotopic (exact) mass is 264 g/mol. The molecule has 0 fully saturated rings. The van der Waals surface area contributed by atoms with Crippen molar-refractivity contribution in [3.63, 3.8) is 0 Å². The summed E-state index contributed by atoms with van der Waals surface area (Å²) in [6.07, 6.45) is 1.79. The van der Waals surface area contributed by atoms with Crippen LogP contribution >= 0.6 is 0 Å². The van der Waals surface area contributed by atoms with E-state index in [1.165, 1.54) is 19.2 Å². The molecule has 0 bridgehead atoms. The Balaban J connectivity index is 2.87. The van der Waals surface area contributed by atoms with Crippen LogP contribution in [0.15, 0.2) is 18.2 Å². The molecule has 0 amide bonds. The van der Waals surface area contributed by atoms with E-state index >= 15 is 0 Å². The number of carbonyl (C=O) groups is 1. The highest BCUT2D eigenvalue weighted by Gasteiger charge is 2.16. The van der Waals surface area contributed by atoms with Crippen molar-refractivity contribution < 1.29 is 13.9 Å². The lowest BCUT2D eigenvalue weighted by molar-refractivity contribution is -0.140. The maximum Gasteiger partial charge on any atom is 0.307 e. The Kier molecular flexibility index (Phi) is 5.80. The normalized spacial score (nSPS) is 11.5. The van der Waals surface area contributed by atoms with Gasteiger partial charge in [-0.15, -0.1) is 0 Å². The molecule has 19 heavy (non-hydrogen) atoms. The van der Waals surface area contributed by atoms with E-state index in [1.807, 2.05) is 13.0 Å². The first-order valence-corrected chi connectivity index (χ1v) is 6.14. The molecule has 1 unspecified atom stereocenters. The van der Waals surface area contributed by atoms with Gasteiger partial charge in [0.05, 0.1) is 19.2 Å². The molecule has 0 aliphatic heterocycles. The van der Waals surface area contributed by atoms with Crippen LogP contribution in [0.3, 0.4) is 0 Å². The number of halogens is 1. The second kappa shape index (κ2) is 7.37. The topological polar surface area (TPSA) is 62.1 Å². The van der Waals surface area contributed by atoms with Gasteiger partial charge < -0.3 is 10.1 Å². The lowest BCUT2D eigenvalue weighted by Crippen LogP contribution is -2.24. The molecule has 102 valence electrons. The van der Waals surface area contributed by atoms with Crippen molar-refractivity contribution >= 4 is 11.7 Å². The van der Waals surface area contributed by atoms with Gasteiger partial charge in [-0.05, 0) is 18.6 Å². The van der Waals surface area contributed by atoms with Crippen LogP contribution in [0.1, 0.15) is 31.7 Å². The summed E-state index contributed by atoms with van der Waals surface area (Å²) < 4.78 is 18.1. The number of nitrogens with zero attached hydrogens (tertiary/aromatic N) is 1. The van der Waals surface area contributed by atoms with Crippen LogP contribution in [0.4, 0.5) is 10.1 Å². The summed E-state index contributed by atoms with van der Waals surface area (Å²) in [6, 6.07) is 6.04. The molecule has 0 saturated heterocycles. The Morgan fingerprint density at radius 2 is 2.32 bits per heavy atom. The summed E-state index contributed by atoms with van der Waals surface area (Å²) in [4.78, 5) is 11.3. The highest BCUT2D eigenvalue weighted by atomic mass is 19.1. The van der Waals surface area contributed by atoms with Crippen molar-refractivity contribution in [2.45, 2.75) is 32.2 Å². The number of nitriles is 1. The van der Waals surface area contributed by atoms with Gasteiger partial charge in [-0.3, -0.25) is 4.79 Å². The lowest BCUT2D eigenvalue weighted by Gasteiger charge is -2.19. The molecule has 1 aromatic rings. The zero-order valence-corrected chi connectivity index (χ0v) is 11.1. The van der Waals surface area contributed by atoms with E-state index in [0.29, 0.717) is 5.69 Å². The first-order chi connectivity index (χ1) is 9.12. The number of carbonyl (C=O) groups excluding carboxylic acids is 1. The van der Waals surface area contributed by atoms with E-state index < -0.39 is 5.82 Å². The zero-order valence-electron chi connectivity index (χ0n) is 11.1. The number of esters is 1. The first-order valence-electron chi connectivity index (χ1n) is 6.14. The van der Waals surface area contributed by atoms with Gasteiger partial charge in [0.1, 0.15) is 17.4 Å². The summed E-state index contributed by atoms with van der Waals surface area (Å²) in [6.45, 7) is 1.99. The maximum atomic E-state index is 13.5. The Morgan fingerprint density at radius 3 is 2.89 bits per heavy atom. The van der Waals surface area contributed by atoms with Crippen LogP contribution < -0.4 is 5.32 Å². The number of ether oxygens (including phenoxy) is 1. The van der Waals surface area contributed by atoms with Crippen LogP contribution in [0, 0.1) is 17.1 Å². The highest BCUT2D eigenvalue weighted by molar-refractivity contribution is 5.71. The number of rotatable bonds is 6. The third-order valence-electron chi connectivity index (χ3n) is 2.76. The van der Waals surface area contributed by atoms with Crippen molar-refractivity contribution in [3.8, 4) is 6.07 Å². The fourth-order valence-corrected chi connectivity index (χ4v) is 1.84. The zero-order chi connectivity index (χ0) is 14.3. The summed E-state index contributed by atoms with van der Waals surface area (Å²) in [5, 5.41) is 12.0. The second-order valence-corrected chi connectivity index (χ2v) is 4.18. The van der Waals surface area contributed by atoms with Crippen LogP contribution in [0.5, 0.6) is 0 Å². The van der Waals surface area contributed by atoms with Crippen LogP contribution in [0.25, 0.3) is 0 Å². The molecular weight excluding hydrogens is 247 g/mol. The van der Waals surface area contributed by atoms with Crippen molar-refractivity contribution in [3.05, 3.63) is 29.6 Å². The van der Waals surface area contributed by atoms with Gasteiger partial charge in [0.15, 0.2) is 0 Å². The van der Waals surface area contributed by atoms with Crippen LogP contribution in [0.2, 0.25) is 0 Å². The third-order valence-corrected chi connectivity index (χ3v) is 2.76. The maximum absolute atomic E-state index is 13.5. The number of hydrogen-bond acceptors (Lipinski definition) is 4. The predicted molar refractivity (Wildman–Crippen MR) is 70.1 cm³/mol. The number of hydrogen-bond donors (Lipinski definition) is 1. The fraction of sp³-hybridized carbons (Fsp3) is 0.429. The Morgan fingerprint density at radius 1 is 1.58 bits per heavy atom. The molecule has 0 radical (unpaired) electrons. The minimum atomic E-state index is -0.569. The molecule has 1 N–H and O–H groups in total. The molecule has 4 nitrogen and oxygen atoms in total. The molecule has 1 aromatic carbocycles. The smallest absolute Gasteiger partial charge is 0.307 e. The molecule has 0 heterocycles. The van der Waals surface area contributed by atoms with Crippen molar-refractivity contribution in [1.29, 1.82) is 5.26 Å². The average Bonchev–Trinajstić information content (AvgIpc) is 2.39. The Labute approximate surface area is 112 Å². The van der Waals surface area contributed by atoms with E-state index in [4.69, 9.17) is 5.26 Å². The van der Waals surface area contributed by atoms with Gasteiger partial charge in [-0.2, -0.15) is 5.26 Å². The fourth-order valence-electron chi connectivity index (χ4n) is 1.84. The van der Waals surface area contributed by atoms with E-state index in [9.17, 15) is 9.18 Å². The highest BCUT2D eigenvalue weighted by Crippen LogP contribution is 2.20. The van der Waals surface area contributed by atoms with Crippen molar-refractivity contribution in [1.82, 2.24) is 0 Å². The van der Waals surface area contributed by atoms with E-state index in [2.05, 4.69) is 10.1 Å². The van der Waals surface area contributed by atoms with Gasteiger partial charge in [-0.25, -0.2) is 4.39 Å². The van der Waals surface area contributed by atoms with E-state index in [-0.39, 0.29) is 24.0 Å². The molecule has 1 atom stereocenters. The van der Waals surface area contributed by atoms with Gasteiger partial charge in [0.2, 0.25) is 0 Å². The quantitative estimate of drug-likeness (QED) is 0.802. The standard InChI is InChI=1S/C14H17FN2O2/c1-3-5-10(8-14(18)19-2)17-13-7-4-6-12(15)11(13)9-16/h4,6-7,10,17H,3,5,8H2,1-2H3. The van der Waals surface area contributed by atoms with Crippen LogP contribution in [-0.4, -0.2) is 19.1 Å². The summed E-state index contributed by atoms with van der Waals surface area (Å²) in [5.74, 6) is -0.901. The van der Waals surface area contributed by atoms with Crippen LogP contribution in [-0.2, 0) is 9.53 Å². The minimum absolute atomic E-state index is 0.0338. The lowest BCUT2D eigenvalue weighted by atomic mass is 10.1. The summed E-state index contributed by atoms with van der Waals surface area (Å²) in [5.41, 5.74) is 0.373. The molecule has 0 aromatic heterocycles. The van der Waals surface area contributed by atoms with Crippen molar-refractivity contribution in [2.75, 3.05) is 12.4 Å². The Hall–Kier alpha value is -2.09. The SMILES string of the molecule is CCCC(CC(=O)OC)Nc1cccc(F)c1C#N.